The van der Waals surface area contributed by atoms with Crippen LogP contribution in [0.15, 0.2) is 24.3 Å². The Bertz CT molecular complexity index is 601. The van der Waals surface area contributed by atoms with Crippen molar-refractivity contribution in [2.75, 3.05) is 25.0 Å². The first-order valence-electron chi connectivity index (χ1n) is 9.53. The van der Waals surface area contributed by atoms with E-state index in [-0.39, 0.29) is 6.03 Å². The molecule has 25 heavy (non-hydrogen) atoms. The van der Waals surface area contributed by atoms with Crippen LogP contribution in [-0.4, -0.2) is 36.6 Å². The van der Waals surface area contributed by atoms with E-state index in [0.717, 1.165) is 5.92 Å². The topological polar surface area (TPSA) is 68.2 Å². The number of benzene rings is 1. The Morgan fingerprint density at radius 1 is 1.12 bits per heavy atom. The quantitative estimate of drug-likeness (QED) is 0.858. The lowest BCUT2D eigenvalue weighted by molar-refractivity contribution is 0.185. The number of nitrogens with one attached hydrogen (secondary N) is 2. The number of nitrogens with zero attached hydrogens (tertiary/aromatic N) is 2. The molecule has 5 heteroatoms. The van der Waals surface area contributed by atoms with Gasteiger partial charge in [0.25, 0.3) is 0 Å². The van der Waals surface area contributed by atoms with Gasteiger partial charge >= 0.3 is 6.03 Å². The van der Waals surface area contributed by atoms with Crippen molar-refractivity contribution in [2.24, 2.45) is 5.92 Å². The molecule has 134 valence electrons. The van der Waals surface area contributed by atoms with E-state index in [1.165, 1.54) is 58.0 Å². The molecule has 1 saturated carbocycles. The summed E-state index contributed by atoms with van der Waals surface area (Å²) in [6.45, 7) is 3.07. The van der Waals surface area contributed by atoms with Crippen LogP contribution in [0.3, 0.4) is 0 Å². The van der Waals surface area contributed by atoms with Crippen LogP contribution in [0.2, 0.25) is 0 Å². The Labute approximate surface area is 150 Å². The summed E-state index contributed by atoms with van der Waals surface area (Å²) in [5.74, 6) is 0.849. The molecule has 1 heterocycles. The second-order valence-electron chi connectivity index (χ2n) is 7.32. The fourth-order valence-electron chi connectivity index (χ4n) is 4.08. The lowest BCUT2D eigenvalue weighted by Gasteiger charge is -2.31. The minimum Gasteiger partial charge on any atom is -0.336 e. The van der Waals surface area contributed by atoms with Crippen molar-refractivity contribution in [3.8, 4) is 6.07 Å². The van der Waals surface area contributed by atoms with Crippen LogP contribution in [0, 0.1) is 17.2 Å². The molecule has 0 bridgehead atoms. The third-order valence-electron chi connectivity index (χ3n) is 5.49. The molecule has 0 unspecified atom stereocenters. The number of carbonyl (C=O) groups excluding carboxylic acids is 1. The number of anilines is 1. The van der Waals surface area contributed by atoms with Gasteiger partial charge in [-0.05, 0) is 62.4 Å². The second-order valence-corrected chi connectivity index (χ2v) is 7.32. The predicted molar refractivity (Wildman–Crippen MR) is 99.3 cm³/mol. The van der Waals surface area contributed by atoms with Gasteiger partial charge in [0.05, 0.1) is 11.6 Å². The number of hydrogen-bond acceptors (Lipinski definition) is 3. The average molecular weight is 340 g/mol. The summed E-state index contributed by atoms with van der Waals surface area (Å²) in [5, 5.41) is 14.7. The lowest BCUT2D eigenvalue weighted by atomic mass is 9.89. The highest BCUT2D eigenvalue weighted by atomic mass is 16.2. The van der Waals surface area contributed by atoms with E-state index >= 15 is 0 Å². The molecule has 5 nitrogen and oxygen atoms in total. The Morgan fingerprint density at radius 3 is 2.60 bits per heavy atom. The molecule has 1 aromatic rings. The molecule has 0 aromatic heterocycles. The Morgan fingerprint density at radius 2 is 1.88 bits per heavy atom. The molecular formula is C20H28N4O. The van der Waals surface area contributed by atoms with Crippen LogP contribution in [0.1, 0.15) is 50.5 Å². The molecule has 0 spiro atoms. The van der Waals surface area contributed by atoms with Gasteiger partial charge in [0.15, 0.2) is 0 Å². The highest BCUT2D eigenvalue weighted by Gasteiger charge is 2.27. The highest BCUT2D eigenvalue weighted by molar-refractivity contribution is 5.89. The minimum atomic E-state index is -0.172. The summed E-state index contributed by atoms with van der Waals surface area (Å²) in [7, 11) is 0. The number of amides is 2. The van der Waals surface area contributed by atoms with E-state index in [2.05, 4.69) is 21.6 Å². The summed E-state index contributed by atoms with van der Waals surface area (Å²) in [6.07, 6.45) is 9.31. The average Bonchev–Trinajstić information content (AvgIpc) is 3.08. The van der Waals surface area contributed by atoms with Gasteiger partial charge in [-0.1, -0.05) is 19.3 Å². The molecule has 1 atom stereocenters. The summed E-state index contributed by atoms with van der Waals surface area (Å²) in [5.41, 5.74) is 1.30. The van der Waals surface area contributed by atoms with Crippen LogP contribution in [-0.2, 0) is 0 Å². The number of urea groups is 1. The number of carbonyl (C=O) groups is 1. The van der Waals surface area contributed by atoms with Crippen LogP contribution < -0.4 is 10.6 Å². The smallest absolute Gasteiger partial charge is 0.319 e. The van der Waals surface area contributed by atoms with Crippen molar-refractivity contribution >= 4 is 11.7 Å². The third kappa shape index (κ3) is 5.20. The number of nitriles is 1. The molecule has 1 aromatic carbocycles. The van der Waals surface area contributed by atoms with Gasteiger partial charge in [0.1, 0.15) is 0 Å². The van der Waals surface area contributed by atoms with Crippen molar-refractivity contribution in [1.82, 2.24) is 10.2 Å². The van der Waals surface area contributed by atoms with Crippen molar-refractivity contribution in [2.45, 2.75) is 51.0 Å². The zero-order valence-electron chi connectivity index (χ0n) is 14.8. The van der Waals surface area contributed by atoms with E-state index in [9.17, 15) is 4.79 Å². The molecule has 1 aliphatic carbocycles. The molecule has 0 radical (unpaired) electrons. The van der Waals surface area contributed by atoms with Crippen molar-refractivity contribution < 1.29 is 4.79 Å². The van der Waals surface area contributed by atoms with Crippen LogP contribution >= 0.6 is 0 Å². The van der Waals surface area contributed by atoms with Crippen LogP contribution in [0.25, 0.3) is 0 Å². The van der Waals surface area contributed by atoms with Gasteiger partial charge in [0, 0.05) is 24.8 Å². The largest absolute Gasteiger partial charge is 0.336 e. The van der Waals surface area contributed by atoms with E-state index in [4.69, 9.17) is 5.26 Å². The van der Waals surface area contributed by atoms with Gasteiger partial charge < -0.3 is 10.6 Å². The molecule has 3 rings (SSSR count). The van der Waals surface area contributed by atoms with Crippen molar-refractivity contribution in [3.63, 3.8) is 0 Å². The fourth-order valence-corrected chi connectivity index (χ4v) is 4.08. The molecular weight excluding hydrogens is 312 g/mol. The number of rotatable bonds is 5. The highest BCUT2D eigenvalue weighted by Crippen LogP contribution is 2.27. The summed E-state index contributed by atoms with van der Waals surface area (Å²) in [6, 6.07) is 9.29. The van der Waals surface area contributed by atoms with Gasteiger partial charge in [-0.15, -0.1) is 0 Å². The number of likely N-dealkylation sites (tertiary alicyclic amines) is 1. The second kappa shape index (κ2) is 8.87. The van der Waals surface area contributed by atoms with Crippen LogP contribution in [0.4, 0.5) is 10.5 Å². The summed E-state index contributed by atoms with van der Waals surface area (Å²) in [4.78, 5) is 14.7. The van der Waals surface area contributed by atoms with E-state index < -0.39 is 0 Å². The molecule has 2 aliphatic rings. The normalized spacial score (nSPS) is 21.6. The first-order chi connectivity index (χ1) is 12.2. The molecule has 2 fully saturated rings. The first-order valence-corrected chi connectivity index (χ1v) is 9.53. The zero-order valence-corrected chi connectivity index (χ0v) is 14.8. The maximum atomic E-state index is 12.1. The lowest BCUT2D eigenvalue weighted by Crippen LogP contribution is -2.43. The van der Waals surface area contributed by atoms with Crippen LogP contribution in [0.5, 0.6) is 0 Å². The third-order valence-corrected chi connectivity index (χ3v) is 5.49. The Kier molecular flexibility index (Phi) is 6.30. The van der Waals surface area contributed by atoms with E-state index in [1.54, 1.807) is 24.3 Å². The minimum absolute atomic E-state index is 0.172. The van der Waals surface area contributed by atoms with Gasteiger partial charge in [-0.2, -0.15) is 5.26 Å². The molecule has 1 saturated heterocycles. The monoisotopic (exact) mass is 340 g/mol. The maximum Gasteiger partial charge on any atom is 0.319 e. The maximum absolute atomic E-state index is 12.1. The zero-order chi connectivity index (χ0) is 17.5. The molecule has 2 amide bonds. The summed E-state index contributed by atoms with van der Waals surface area (Å²) >= 11 is 0. The Balaban J connectivity index is 1.43. The van der Waals surface area contributed by atoms with Crippen molar-refractivity contribution in [1.29, 1.82) is 5.26 Å². The standard InChI is InChI=1S/C20H28N4O/c21-13-16-8-10-18(11-9-16)23-20(25)22-14-19-7-4-12-24(19)15-17-5-2-1-3-6-17/h8-11,17,19H,1-7,12,14-15H2,(H2,22,23,25)/t19-/m1/s1. The summed E-state index contributed by atoms with van der Waals surface area (Å²) < 4.78 is 0. The van der Waals surface area contributed by atoms with Gasteiger partial charge in [0.2, 0.25) is 0 Å². The molecule has 1 aliphatic heterocycles. The van der Waals surface area contributed by atoms with Gasteiger partial charge in [-0.3, -0.25) is 4.90 Å². The SMILES string of the molecule is N#Cc1ccc(NC(=O)NC[C@H]2CCCN2CC2CCCCC2)cc1. The first kappa shape index (κ1) is 17.8. The van der Waals surface area contributed by atoms with Crippen molar-refractivity contribution in [3.05, 3.63) is 29.8 Å². The van der Waals surface area contributed by atoms with Gasteiger partial charge in [-0.25, -0.2) is 4.79 Å². The Hall–Kier alpha value is -2.06. The molecule has 2 N–H and O–H groups in total. The van der Waals surface area contributed by atoms with E-state index in [0.29, 0.717) is 23.8 Å². The van der Waals surface area contributed by atoms with E-state index in [1.807, 2.05) is 0 Å². The fraction of sp³-hybridized carbons (Fsp3) is 0.600. The predicted octanol–water partition coefficient (Wildman–Crippen LogP) is 3.72. The number of hydrogen-bond donors (Lipinski definition) is 2.